The van der Waals surface area contributed by atoms with Gasteiger partial charge in [-0.2, -0.15) is 0 Å². The van der Waals surface area contributed by atoms with E-state index in [2.05, 4.69) is 5.32 Å². The Morgan fingerprint density at radius 1 is 1.43 bits per heavy atom. The number of carboxylic acid groups (broad SMARTS) is 1. The van der Waals surface area contributed by atoms with Gasteiger partial charge in [0.2, 0.25) is 5.91 Å². The van der Waals surface area contributed by atoms with E-state index >= 15 is 0 Å². The van der Waals surface area contributed by atoms with Gasteiger partial charge in [0.05, 0.1) is 13.7 Å². The maximum absolute atomic E-state index is 12.0. The van der Waals surface area contributed by atoms with Gasteiger partial charge in [-0.3, -0.25) is 14.5 Å². The van der Waals surface area contributed by atoms with Crippen LogP contribution in [0.3, 0.4) is 0 Å². The Balaban J connectivity index is 1.86. The van der Waals surface area contributed by atoms with E-state index < -0.39 is 12.0 Å². The first kappa shape index (κ1) is 15.3. The summed E-state index contributed by atoms with van der Waals surface area (Å²) < 4.78 is 5.22. The van der Waals surface area contributed by atoms with Crippen molar-refractivity contribution in [3.05, 3.63) is 29.8 Å². The topological polar surface area (TPSA) is 78.9 Å². The number of carbonyl (C=O) groups excluding carboxylic acids is 1. The molecule has 0 spiro atoms. The molecule has 0 saturated carbocycles. The summed E-state index contributed by atoms with van der Waals surface area (Å²) in [5, 5.41) is 11.9. The van der Waals surface area contributed by atoms with E-state index in [9.17, 15) is 9.59 Å². The summed E-state index contributed by atoms with van der Waals surface area (Å²) in [5.41, 5.74) is 0.893. The summed E-state index contributed by atoms with van der Waals surface area (Å²) in [6.45, 7) is 1.14. The summed E-state index contributed by atoms with van der Waals surface area (Å²) in [5.74, 6) is -0.304. The average Bonchev–Trinajstić information content (AvgIpc) is 2.93. The third-order valence-electron chi connectivity index (χ3n) is 3.66. The Bertz CT molecular complexity index is 518. The Labute approximate surface area is 123 Å². The molecule has 0 aromatic heterocycles. The molecule has 1 amide bonds. The van der Waals surface area contributed by atoms with Gasteiger partial charge in [-0.25, -0.2) is 0 Å². The minimum atomic E-state index is -0.856. The fourth-order valence-electron chi connectivity index (χ4n) is 2.58. The molecule has 6 nitrogen and oxygen atoms in total. The van der Waals surface area contributed by atoms with Crippen LogP contribution in [-0.2, 0) is 16.1 Å². The first-order valence-electron chi connectivity index (χ1n) is 6.97. The van der Waals surface area contributed by atoms with E-state index in [0.29, 0.717) is 19.5 Å². The van der Waals surface area contributed by atoms with Crippen molar-refractivity contribution in [2.45, 2.75) is 25.4 Å². The van der Waals surface area contributed by atoms with Gasteiger partial charge in [0.25, 0.3) is 0 Å². The molecule has 1 atom stereocenters. The normalized spacial score (nSPS) is 18.4. The van der Waals surface area contributed by atoms with Gasteiger partial charge in [0.1, 0.15) is 11.8 Å². The van der Waals surface area contributed by atoms with Crippen LogP contribution in [0.4, 0.5) is 0 Å². The number of hydrogen-bond acceptors (Lipinski definition) is 4. The minimum absolute atomic E-state index is 0.117. The molecule has 21 heavy (non-hydrogen) atoms. The molecule has 1 heterocycles. The molecule has 114 valence electrons. The summed E-state index contributed by atoms with van der Waals surface area (Å²) in [7, 11) is 1.59. The number of methoxy groups -OCH3 is 1. The second kappa shape index (κ2) is 7.08. The fraction of sp³-hybridized carbons (Fsp3) is 0.467. The van der Waals surface area contributed by atoms with E-state index in [1.807, 2.05) is 24.3 Å². The number of nitrogens with one attached hydrogen (secondary N) is 1. The number of nitrogens with zero attached hydrogens (tertiary/aromatic N) is 1. The van der Waals surface area contributed by atoms with Crippen molar-refractivity contribution in [3.63, 3.8) is 0 Å². The molecule has 0 bridgehead atoms. The van der Waals surface area contributed by atoms with Crippen molar-refractivity contribution >= 4 is 11.9 Å². The van der Waals surface area contributed by atoms with Crippen LogP contribution in [-0.4, -0.2) is 48.1 Å². The Kier molecular flexibility index (Phi) is 5.16. The molecule has 2 N–H and O–H groups in total. The molecule has 1 fully saturated rings. The fourth-order valence-corrected chi connectivity index (χ4v) is 2.58. The smallest absolute Gasteiger partial charge is 0.320 e. The highest BCUT2D eigenvalue weighted by Gasteiger charge is 2.31. The molecule has 1 aliphatic rings. The number of aliphatic carboxylic acids is 1. The molecular formula is C15H20N2O4. The molecule has 1 saturated heterocycles. The second-order valence-corrected chi connectivity index (χ2v) is 5.06. The molecule has 1 unspecified atom stereocenters. The maximum Gasteiger partial charge on any atom is 0.320 e. The predicted molar refractivity (Wildman–Crippen MR) is 77.1 cm³/mol. The quantitative estimate of drug-likeness (QED) is 0.813. The lowest BCUT2D eigenvalue weighted by atomic mass is 10.2. The Hall–Kier alpha value is -2.08. The number of carboxylic acids is 1. The van der Waals surface area contributed by atoms with E-state index in [-0.39, 0.29) is 12.5 Å². The third kappa shape index (κ3) is 3.95. The second-order valence-electron chi connectivity index (χ2n) is 5.06. The van der Waals surface area contributed by atoms with Crippen LogP contribution >= 0.6 is 0 Å². The third-order valence-corrected chi connectivity index (χ3v) is 3.66. The molecular weight excluding hydrogens is 272 g/mol. The lowest BCUT2D eigenvalue weighted by Gasteiger charge is -2.20. The number of hydrogen-bond donors (Lipinski definition) is 2. The molecule has 6 heteroatoms. The van der Waals surface area contributed by atoms with Crippen LogP contribution in [0.1, 0.15) is 18.4 Å². The van der Waals surface area contributed by atoms with E-state index in [4.69, 9.17) is 9.84 Å². The Morgan fingerprint density at radius 2 is 2.19 bits per heavy atom. The van der Waals surface area contributed by atoms with E-state index in [1.165, 1.54) is 0 Å². The summed E-state index contributed by atoms with van der Waals surface area (Å²) in [6, 6.07) is 6.93. The molecule has 2 rings (SSSR count). The van der Waals surface area contributed by atoms with Gasteiger partial charge in [-0.05, 0) is 25.5 Å². The number of carbonyl (C=O) groups is 2. The highest BCUT2D eigenvalue weighted by molar-refractivity contribution is 5.80. The van der Waals surface area contributed by atoms with Crippen LogP contribution in [0.2, 0.25) is 0 Å². The number of likely N-dealkylation sites (tertiary alicyclic amines) is 1. The lowest BCUT2D eigenvalue weighted by Crippen LogP contribution is -2.42. The SMILES string of the molecule is COc1ccccc1CNC(=O)CN1CCCC1C(=O)O. The zero-order chi connectivity index (χ0) is 15.2. The van der Waals surface area contributed by atoms with Gasteiger partial charge < -0.3 is 15.2 Å². The number of para-hydroxylation sites is 1. The van der Waals surface area contributed by atoms with Crippen molar-refractivity contribution < 1.29 is 19.4 Å². The minimum Gasteiger partial charge on any atom is -0.496 e. The first-order valence-corrected chi connectivity index (χ1v) is 6.97. The first-order chi connectivity index (χ1) is 10.1. The Morgan fingerprint density at radius 3 is 2.90 bits per heavy atom. The van der Waals surface area contributed by atoms with Crippen molar-refractivity contribution in [3.8, 4) is 5.75 Å². The van der Waals surface area contributed by atoms with Crippen LogP contribution in [0.15, 0.2) is 24.3 Å². The molecule has 1 aromatic rings. The largest absolute Gasteiger partial charge is 0.496 e. The highest BCUT2D eigenvalue weighted by Crippen LogP contribution is 2.18. The summed E-state index contributed by atoms with van der Waals surface area (Å²) >= 11 is 0. The van der Waals surface area contributed by atoms with Gasteiger partial charge in [0.15, 0.2) is 0 Å². The monoisotopic (exact) mass is 292 g/mol. The highest BCUT2D eigenvalue weighted by atomic mass is 16.5. The zero-order valence-corrected chi connectivity index (χ0v) is 12.0. The van der Waals surface area contributed by atoms with E-state index in [0.717, 1.165) is 17.7 Å². The van der Waals surface area contributed by atoms with Crippen LogP contribution in [0.5, 0.6) is 5.75 Å². The van der Waals surface area contributed by atoms with Crippen molar-refractivity contribution in [1.29, 1.82) is 0 Å². The molecule has 1 aromatic carbocycles. The van der Waals surface area contributed by atoms with Crippen molar-refractivity contribution in [2.24, 2.45) is 0 Å². The van der Waals surface area contributed by atoms with Crippen molar-refractivity contribution in [2.75, 3.05) is 20.2 Å². The molecule has 1 aliphatic heterocycles. The number of amides is 1. The van der Waals surface area contributed by atoms with E-state index in [1.54, 1.807) is 12.0 Å². The summed E-state index contributed by atoms with van der Waals surface area (Å²) in [4.78, 5) is 24.7. The van der Waals surface area contributed by atoms with Gasteiger partial charge in [-0.1, -0.05) is 18.2 Å². The van der Waals surface area contributed by atoms with Crippen LogP contribution in [0.25, 0.3) is 0 Å². The molecule has 0 aliphatic carbocycles. The van der Waals surface area contributed by atoms with Crippen molar-refractivity contribution in [1.82, 2.24) is 10.2 Å². The summed E-state index contributed by atoms with van der Waals surface area (Å²) in [6.07, 6.45) is 1.42. The number of ether oxygens (including phenoxy) is 1. The average molecular weight is 292 g/mol. The van der Waals surface area contributed by atoms with Crippen LogP contribution in [0, 0.1) is 0 Å². The van der Waals surface area contributed by atoms with Gasteiger partial charge in [-0.15, -0.1) is 0 Å². The number of benzene rings is 1. The predicted octanol–water partition coefficient (Wildman–Crippen LogP) is 0.860. The number of rotatable bonds is 6. The van der Waals surface area contributed by atoms with Crippen LogP contribution < -0.4 is 10.1 Å². The zero-order valence-electron chi connectivity index (χ0n) is 12.0. The molecule has 0 radical (unpaired) electrons. The van der Waals surface area contributed by atoms with Gasteiger partial charge >= 0.3 is 5.97 Å². The lowest BCUT2D eigenvalue weighted by molar-refractivity contribution is -0.142. The standard InChI is InChI=1S/C15H20N2O4/c1-21-13-7-3-2-5-11(13)9-16-14(18)10-17-8-4-6-12(17)15(19)20/h2-3,5,7,12H,4,6,8-10H2,1H3,(H,16,18)(H,19,20). The van der Waals surface area contributed by atoms with Gasteiger partial charge in [0, 0.05) is 12.1 Å². The maximum atomic E-state index is 12.0.